The summed E-state index contributed by atoms with van der Waals surface area (Å²) in [4.78, 5) is 15.2. The van der Waals surface area contributed by atoms with Crippen molar-refractivity contribution < 1.29 is 4.42 Å². The van der Waals surface area contributed by atoms with Crippen LogP contribution in [0.5, 0.6) is 0 Å². The average Bonchev–Trinajstić information content (AvgIpc) is 3.96. The third kappa shape index (κ3) is 5.04. The van der Waals surface area contributed by atoms with Crippen LogP contribution in [0.15, 0.2) is 186 Å². The lowest BCUT2D eigenvalue weighted by molar-refractivity contribution is 0.669. The van der Waals surface area contributed by atoms with Crippen LogP contribution >= 0.6 is 11.3 Å². The lowest BCUT2D eigenvalue weighted by atomic mass is 9.96. The van der Waals surface area contributed by atoms with Crippen molar-refractivity contribution >= 4 is 75.3 Å². The third-order valence-electron chi connectivity index (χ3n) is 11.1. The van der Waals surface area contributed by atoms with Gasteiger partial charge in [0, 0.05) is 64.1 Å². The Morgan fingerprint density at radius 3 is 1.56 bits per heavy atom. The first kappa shape index (κ1) is 31.9. The van der Waals surface area contributed by atoms with Crippen LogP contribution in [-0.2, 0) is 0 Å². The number of aromatic nitrogens is 4. The summed E-state index contributed by atoms with van der Waals surface area (Å²) in [5, 5.41) is 6.98. The standard InChI is InChI=1S/C51H30N4OS/c1-3-13-31(14-4-1)49-52-50(32-15-5-2-6-16-32)54-51(53-49)38-20-12-24-46-48(38)47-35(19-11-23-45(47)57-46)33-25-27-43-39(29-33)40-30-34(26-28-44(40)56-43)55-41-21-9-7-17-36(41)37-18-8-10-22-42(37)55/h1-30H. The number of hydrogen-bond donors (Lipinski definition) is 0. The zero-order valence-corrected chi connectivity index (χ0v) is 31.2. The number of rotatable bonds is 5. The van der Waals surface area contributed by atoms with E-state index in [1.807, 2.05) is 60.7 Å². The predicted octanol–water partition coefficient (Wildman–Crippen LogP) is 13.9. The van der Waals surface area contributed by atoms with Gasteiger partial charge in [0.15, 0.2) is 17.5 Å². The second kappa shape index (κ2) is 12.6. The van der Waals surface area contributed by atoms with Gasteiger partial charge in [-0.05, 0) is 65.7 Å². The minimum Gasteiger partial charge on any atom is -0.456 e. The molecule has 5 nitrogen and oxygen atoms in total. The molecule has 0 saturated carbocycles. The van der Waals surface area contributed by atoms with E-state index in [9.17, 15) is 0 Å². The monoisotopic (exact) mass is 746 g/mol. The SMILES string of the molecule is c1ccc(-c2nc(-c3ccccc3)nc(-c3cccc4sc5cccc(-c6ccc7oc8ccc(-n9c%10ccccc%10c%10ccccc%109)cc8c7c6)c5c34)n2)cc1. The molecule has 0 aliphatic carbocycles. The maximum Gasteiger partial charge on any atom is 0.164 e. The van der Waals surface area contributed by atoms with Crippen LogP contribution in [0, 0.1) is 0 Å². The van der Waals surface area contributed by atoms with E-state index in [2.05, 4.69) is 126 Å². The summed E-state index contributed by atoms with van der Waals surface area (Å²) in [7, 11) is 0. The molecule has 6 heteroatoms. The van der Waals surface area contributed by atoms with Crippen molar-refractivity contribution in [2.45, 2.75) is 0 Å². The van der Waals surface area contributed by atoms with Crippen LogP contribution < -0.4 is 0 Å². The number of para-hydroxylation sites is 2. The summed E-state index contributed by atoms with van der Waals surface area (Å²) < 4.78 is 11.2. The normalized spacial score (nSPS) is 11.9. The first-order valence-corrected chi connectivity index (χ1v) is 19.8. The van der Waals surface area contributed by atoms with Gasteiger partial charge in [-0.25, -0.2) is 15.0 Å². The second-order valence-electron chi connectivity index (χ2n) is 14.4. The van der Waals surface area contributed by atoms with Crippen molar-refractivity contribution in [2.24, 2.45) is 0 Å². The van der Waals surface area contributed by atoms with Crippen molar-refractivity contribution in [3.8, 4) is 51.0 Å². The van der Waals surface area contributed by atoms with Crippen LogP contribution in [0.3, 0.4) is 0 Å². The van der Waals surface area contributed by atoms with Gasteiger partial charge >= 0.3 is 0 Å². The van der Waals surface area contributed by atoms with Gasteiger partial charge < -0.3 is 8.98 Å². The van der Waals surface area contributed by atoms with Crippen molar-refractivity contribution in [3.05, 3.63) is 182 Å². The fourth-order valence-electron chi connectivity index (χ4n) is 8.50. The van der Waals surface area contributed by atoms with Gasteiger partial charge in [0.25, 0.3) is 0 Å². The van der Waals surface area contributed by atoms with E-state index in [4.69, 9.17) is 19.4 Å². The Morgan fingerprint density at radius 1 is 0.386 bits per heavy atom. The van der Waals surface area contributed by atoms with E-state index in [1.165, 1.54) is 36.6 Å². The highest BCUT2D eigenvalue weighted by Gasteiger charge is 2.20. The summed E-state index contributed by atoms with van der Waals surface area (Å²) in [5.41, 5.74) is 10.4. The average molecular weight is 747 g/mol. The van der Waals surface area contributed by atoms with E-state index in [0.29, 0.717) is 17.5 Å². The maximum absolute atomic E-state index is 6.48. The van der Waals surface area contributed by atoms with Crippen LogP contribution in [0.1, 0.15) is 0 Å². The molecular formula is C51H30N4OS. The molecule has 0 saturated heterocycles. The van der Waals surface area contributed by atoms with Gasteiger partial charge in [-0.3, -0.25) is 0 Å². The second-order valence-corrected chi connectivity index (χ2v) is 15.4. The van der Waals surface area contributed by atoms with E-state index >= 15 is 0 Å². The lowest BCUT2D eigenvalue weighted by Crippen LogP contribution is -2.00. The molecule has 8 aromatic carbocycles. The number of fused-ring (bicyclic) bond motifs is 9. The Morgan fingerprint density at radius 2 is 0.912 bits per heavy atom. The molecule has 0 radical (unpaired) electrons. The van der Waals surface area contributed by atoms with E-state index in [1.54, 1.807) is 11.3 Å². The van der Waals surface area contributed by atoms with Crippen molar-refractivity contribution in [1.29, 1.82) is 0 Å². The molecule has 0 atom stereocenters. The van der Waals surface area contributed by atoms with Crippen molar-refractivity contribution in [2.75, 3.05) is 0 Å². The third-order valence-corrected chi connectivity index (χ3v) is 12.2. The maximum atomic E-state index is 6.48. The minimum absolute atomic E-state index is 0.647. The number of benzene rings is 8. The quantitative estimate of drug-likeness (QED) is 0.176. The van der Waals surface area contributed by atoms with E-state index < -0.39 is 0 Å². The van der Waals surface area contributed by atoms with Crippen LogP contribution in [0.25, 0.3) is 115 Å². The fourth-order valence-corrected chi connectivity index (χ4v) is 9.65. The zero-order valence-electron chi connectivity index (χ0n) is 30.4. The molecule has 4 heterocycles. The van der Waals surface area contributed by atoms with E-state index in [-0.39, 0.29) is 0 Å². The molecule has 0 bridgehead atoms. The molecule has 0 spiro atoms. The summed E-state index contributed by atoms with van der Waals surface area (Å²) in [6.07, 6.45) is 0. The molecule has 0 fully saturated rings. The summed E-state index contributed by atoms with van der Waals surface area (Å²) >= 11 is 1.80. The van der Waals surface area contributed by atoms with Gasteiger partial charge in [-0.2, -0.15) is 0 Å². The molecule has 0 N–H and O–H groups in total. The molecular weight excluding hydrogens is 717 g/mol. The van der Waals surface area contributed by atoms with Gasteiger partial charge in [0.1, 0.15) is 11.2 Å². The van der Waals surface area contributed by atoms with Gasteiger partial charge in [-0.15, -0.1) is 11.3 Å². The number of thiophene rings is 1. The highest BCUT2D eigenvalue weighted by molar-refractivity contribution is 7.26. The minimum atomic E-state index is 0.647. The first-order valence-electron chi connectivity index (χ1n) is 19.0. The van der Waals surface area contributed by atoms with Gasteiger partial charge in [0.05, 0.1) is 11.0 Å². The Kier molecular flexibility index (Phi) is 7.03. The zero-order chi connectivity index (χ0) is 37.5. The Bertz CT molecular complexity index is 3420. The Labute approximate surface area is 330 Å². The number of nitrogens with zero attached hydrogens (tertiary/aromatic N) is 4. The fraction of sp³-hybridized carbons (Fsp3) is 0. The molecule has 266 valence electrons. The summed E-state index contributed by atoms with van der Waals surface area (Å²) in [6.45, 7) is 0. The summed E-state index contributed by atoms with van der Waals surface area (Å²) in [5.74, 6) is 1.94. The number of furan rings is 1. The van der Waals surface area contributed by atoms with Gasteiger partial charge in [-0.1, -0.05) is 127 Å². The smallest absolute Gasteiger partial charge is 0.164 e. The van der Waals surface area contributed by atoms with Crippen molar-refractivity contribution in [1.82, 2.24) is 19.5 Å². The van der Waals surface area contributed by atoms with Crippen molar-refractivity contribution in [3.63, 3.8) is 0 Å². The molecule has 12 rings (SSSR count). The highest BCUT2D eigenvalue weighted by atomic mass is 32.1. The molecule has 4 aromatic heterocycles. The highest BCUT2D eigenvalue weighted by Crippen LogP contribution is 2.45. The van der Waals surface area contributed by atoms with Gasteiger partial charge in [0.2, 0.25) is 0 Å². The molecule has 0 amide bonds. The molecule has 12 aromatic rings. The largest absolute Gasteiger partial charge is 0.456 e. The predicted molar refractivity (Wildman–Crippen MR) is 236 cm³/mol. The lowest BCUT2D eigenvalue weighted by Gasteiger charge is -2.11. The molecule has 0 unspecified atom stereocenters. The van der Waals surface area contributed by atoms with Crippen LogP contribution in [0.4, 0.5) is 0 Å². The van der Waals surface area contributed by atoms with Crippen LogP contribution in [0.2, 0.25) is 0 Å². The molecule has 57 heavy (non-hydrogen) atoms. The molecule has 0 aliphatic rings. The van der Waals surface area contributed by atoms with E-state index in [0.717, 1.165) is 60.8 Å². The Hall–Kier alpha value is -7.41. The topological polar surface area (TPSA) is 56.7 Å². The molecule has 0 aliphatic heterocycles. The number of hydrogen-bond acceptors (Lipinski definition) is 5. The first-order chi connectivity index (χ1) is 28.2. The van der Waals surface area contributed by atoms with Crippen LogP contribution in [-0.4, -0.2) is 19.5 Å². The summed E-state index contributed by atoms with van der Waals surface area (Å²) in [6, 6.07) is 63.8. The Balaban J connectivity index is 1.06.